The maximum Gasteiger partial charge on any atom is 0.310 e. The zero-order chi connectivity index (χ0) is 19.8. The molecule has 0 saturated carbocycles. The van der Waals surface area contributed by atoms with Crippen molar-refractivity contribution in [1.82, 2.24) is 9.97 Å². The van der Waals surface area contributed by atoms with Crippen LogP contribution in [0.25, 0.3) is 10.2 Å². The predicted molar refractivity (Wildman–Crippen MR) is 111 cm³/mol. The van der Waals surface area contributed by atoms with E-state index in [1.807, 2.05) is 0 Å². The highest BCUT2D eigenvalue weighted by molar-refractivity contribution is 7.18. The number of halogens is 1. The van der Waals surface area contributed by atoms with Gasteiger partial charge in [-0.3, -0.25) is 9.59 Å². The number of aryl methyl sites for hydroxylation is 1. The van der Waals surface area contributed by atoms with Gasteiger partial charge in [0, 0.05) is 9.90 Å². The molecule has 1 N–H and O–H groups in total. The number of carbonyl (C=O) groups excluding carboxylic acids is 1. The standard InChI is InChI=1S/C21H21ClN2O3S/c1-11-3-8-15-16(9-11)28-21-18(15)20(26)23-19(24-21)12(2)27-17(25)10-13-4-6-14(22)7-5-13/h4-7,11-12H,3,8-10H2,1-2H3,(H,23,24,26)/t11-,12+/m0/s1. The molecule has 2 heterocycles. The molecule has 1 aliphatic carbocycles. The molecule has 0 aliphatic heterocycles. The molecule has 146 valence electrons. The van der Waals surface area contributed by atoms with Crippen molar-refractivity contribution < 1.29 is 9.53 Å². The van der Waals surface area contributed by atoms with Crippen molar-refractivity contribution in [3.63, 3.8) is 0 Å². The molecule has 0 radical (unpaired) electrons. The summed E-state index contributed by atoms with van der Waals surface area (Å²) in [7, 11) is 0. The number of rotatable bonds is 4. The van der Waals surface area contributed by atoms with Crippen LogP contribution in [0.5, 0.6) is 0 Å². The number of ether oxygens (including phenoxy) is 1. The Morgan fingerprint density at radius 1 is 1.39 bits per heavy atom. The van der Waals surface area contributed by atoms with Crippen LogP contribution in [0.1, 0.15) is 48.2 Å². The highest BCUT2D eigenvalue weighted by Crippen LogP contribution is 2.36. The van der Waals surface area contributed by atoms with Crippen LogP contribution in [0.3, 0.4) is 0 Å². The summed E-state index contributed by atoms with van der Waals surface area (Å²) in [5.41, 5.74) is 1.82. The number of H-pyrrole nitrogens is 1. The third-order valence-electron chi connectivity index (χ3n) is 5.14. The zero-order valence-corrected chi connectivity index (χ0v) is 17.3. The minimum atomic E-state index is -0.630. The van der Waals surface area contributed by atoms with E-state index in [4.69, 9.17) is 16.3 Å². The van der Waals surface area contributed by atoms with Crippen molar-refractivity contribution in [2.24, 2.45) is 5.92 Å². The van der Waals surface area contributed by atoms with Gasteiger partial charge < -0.3 is 9.72 Å². The molecule has 0 amide bonds. The quantitative estimate of drug-likeness (QED) is 0.630. The SMILES string of the molecule is C[C@H]1CCc2c(sc3nc([C@@H](C)OC(=O)Cc4ccc(Cl)cc4)[nH]c(=O)c23)C1. The second kappa shape index (κ2) is 7.68. The lowest BCUT2D eigenvalue weighted by Gasteiger charge is -2.17. The minimum Gasteiger partial charge on any atom is -0.454 e. The second-order valence-electron chi connectivity index (χ2n) is 7.42. The van der Waals surface area contributed by atoms with Crippen LogP contribution in [-0.4, -0.2) is 15.9 Å². The predicted octanol–water partition coefficient (Wildman–Crippen LogP) is 4.61. The molecule has 28 heavy (non-hydrogen) atoms. The van der Waals surface area contributed by atoms with Crippen LogP contribution >= 0.6 is 22.9 Å². The number of esters is 1. The van der Waals surface area contributed by atoms with Crippen LogP contribution in [0.15, 0.2) is 29.1 Å². The molecule has 2 atom stereocenters. The van der Waals surface area contributed by atoms with E-state index >= 15 is 0 Å². The van der Waals surface area contributed by atoms with E-state index in [1.165, 1.54) is 4.88 Å². The third kappa shape index (κ3) is 3.84. The first kappa shape index (κ1) is 19.2. The second-order valence-corrected chi connectivity index (χ2v) is 8.94. The van der Waals surface area contributed by atoms with Gasteiger partial charge in [0.1, 0.15) is 4.83 Å². The van der Waals surface area contributed by atoms with Gasteiger partial charge in [0.2, 0.25) is 0 Å². The number of aromatic amines is 1. The number of thiophene rings is 1. The fraction of sp³-hybridized carbons (Fsp3) is 0.381. The summed E-state index contributed by atoms with van der Waals surface area (Å²) in [6, 6.07) is 7.05. The van der Waals surface area contributed by atoms with Crippen molar-refractivity contribution in [3.05, 3.63) is 61.5 Å². The maximum atomic E-state index is 12.7. The van der Waals surface area contributed by atoms with Gasteiger partial charge in [0.05, 0.1) is 11.8 Å². The largest absolute Gasteiger partial charge is 0.454 e. The number of aromatic nitrogens is 2. The van der Waals surface area contributed by atoms with Gasteiger partial charge >= 0.3 is 5.97 Å². The van der Waals surface area contributed by atoms with Crippen LogP contribution < -0.4 is 5.56 Å². The van der Waals surface area contributed by atoms with Gasteiger partial charge in [0.15, 0.2) is 11.9 Å². The molecular formula is C21H21ClN2O3S. The first-order chi connectivity index (χ1) is 13.4. The minimum absolute atomic E-state index is 0.138. The first-order valence-electron chi connectivity index (χ1n) is 9.39. The number of fused-ring (bicyclic) bond motifs is 3. The Kier molecular flexibility index (Phi) is 5.25. The van der Waals surface area contributed by atoms with Gasteiger partial charge in [-0.1, -0.05) is 30.7 Å². The topological polar surface area (TPSA) is 72.0 Å². The van der Waals surface area contributed by atoms with E-state index < -0.39 is 6.10 Å². The number of hydrogen-bond donors (Lipinski definition) is 1. The smallest absolute Gasteiger partial charge is 0.310 e. The van der Waals surface area contributed by atoms with Crippen LogP contribution in [-0.2, 0) is 28.8 Å². The molecule has 7 heteroatoms. The van der Waals surface area contributed by atoms with Crippen LogP contribution in [0.2, 0.25) is 5.02 Å². The number of benzene rings is 1. The van der Waals surface area contributed by atoms with Crippen molar-refractivity contribution >= 4 is 39.1 Å². The van der Waals surface area contributed by atoms with Gasteiger partial charge in [-0.15, -0.1) is 11.3 Å². The number of hydrogen-bond acceptors (Lipinski definition) is 5. The van der Waals surface area contributed by atoms with E-state index in [2.05, 4.69) is 16.9 Å². The molecular weight excluding hydrogens is 396 g/mol. The summed E-state index contributed by atoms with van der Waals surface area (Å²) in [5, 5.41) is 1.32. The Bertz CT molecular complexity index is 1090. The van der Waals surface area contributed by atoms with Gasteiger partial charge in [-0.2, -0.15) is 0 Å². The summed E-state index contributed by atoms with van der Waals surface area (Å²) in [5.74, 6) is 0.636. The van der Waals surface area contributed by atoms with E-state index in [0.29, 0.717) is 22.2 Å². The lowest BCUT2D eigenvalue weighted by atomic mass is 9.89. The average Bonchev–Trinajstić information content (AvgIpc) is 3.01. The molecule has 0 fully saturated rings. The van der Waals surface area contributed by atoms with Crippen molar-refractivity contribution in [2.45, 2.75) is 45.6 Å². The molecule has 4 rings (SSSR count). The monoisotopic (exact) mass is 416 g/mol. The Morgan fingerprint density at radius 2 is 2.14 bits per heavy atom. The normalized spacial score (nSPS) is 17.3. The number of nitrogens with one attached hydrogen (secondary N) is 1. The fourth-order valence-corrected chi connectivity index (χ4v) is 5.14. The Labute approximate surface area is 171 Å². The Morgan fingerprint density at radius 3 is 2.89 bits per heavy atom. The lowest BCUT2D eigenvalue weighted by Crippen LogP contribution is -2.18. The summed E-state index contributed by atoms with van der Waals surface area (Å²) < 4.78 is 5.49. The zero-order valence-electron chi connectivity index (χ0n) is 15.8. The van der Waals surface area contributed by atoms with E-state index in [1.54, 1.807) is 42.5 Å². The maximum absolute atomic E-state index is 12.7. The summed E-state index contributed by atoms with van der Waals surface area (Å²) in [6.07, 6.45) is 2.52. The summed E-state index contributed by atoms with van der Waals surface area (Å²) in [4.78, 5) is 34.4. The summed E-state index contributed by atoms with van der Waals surface area (Å²) in [6.45, 7) is 3.96. The van der Waals surface area contributed by atoms with E-state index in [9.17, 15) is 9.59 Å². The third-order valence-corrected chi connectivity index (χ3v) is 6.54. The van der Waals surface area contributed by atoms with Gasteiger partial charge in [-0.05, 0) is 55.4 Å². The van der Waals surface area contributed by atoms with Crippen LogP contribution in [0, 0.1) is 5.92 Å². The molecule has 5 nitrogen and oxygen atoms in total. The van der Waals surface area contributed by atoms with E-state index in [-0.39, 0.29) is 17.9 Å². The van der Waals surface area contributed by atoms with E-state index in [0.717, 1.165) is 35.2 Å². The molecule has 1 aromatic carbocycles. The lowest BCUT2D eigenvalue weighted by molar-refractivity contribution is -0.148. The molecule has 0 saturated heterocycles. The molecule has 0 bridgehead atoms. The van der Waals surface area contributed by atoms with Crippen molar-refractivity contribution in [3.8, 4) is 0 Å². The van der Waals surface area contributed by atoms with Gasteiger partial charge in [0.25, 0.3) is 5.56 Å². The van der Waals surface area contributed by atoms with Crippen molar-refractivity contribution in [2.75, 3.05) is 0 Å². The number of carbonyl (C=O) groups is 1. The first-order valence-corrected chi connectivity index (χ1v) is 10.6. The van der Waals surface area contributed by atoms with Crippen LogP contribution in [0.4, 0.5) is 0 Å². The average molecular weight is 417 g/mol. The van der Waals surface area contributed by atoms with Crippen molar-refractivity contribution in [1.29, 1.82) is 0 Å². The molecule has 0 spiro atoms. The van der Waals surface area contributed by atoms with Gasteiger partial charge in [-0.25, -0.2) is 4.98 Å². The Balaban J connectivity index is 1.54. The number of nitrogens with zero attached hydrogens (tertiary/aromatic N) is 1. The fourth-order valence-electron chi connectivity index (χ4n) is 3.62. The molecule has 1 aliphatic rings. The summed E-state index contributed by atoms with van der Waals surface area (Å²) >= 11 is 7.45. The highest BCUT2D eigenvalue weighted by Gasteiger charge is 2.24. The highest BCUT2D eigenvalue weighted by atomic mass is 35.5. The Hall–Kier alpha value is -2.18. The molecule has 3 aromatic rings. The molecule has 2 aromatic heterocycles. The molecule has 0 unspecified atom stereocenters.